The van der Waals surface area contributed by atoms with Gasteiger partial charge in [-0.2, -0.15) is 0 Å². The maximum absolute atomic E-state index is 5.93. The third-order valence-electron chi connectivity index (χ3n) is 3.34. The number of ether oxygens (including phenoxy) is 2. The molecule has 1 N–H and O–H groups in total. The van der Waals surface area contributed by atoms with Gasteiger partial charge in [-0.15, -0.1) is 0 Å². The lowest BCUT2D eigenvalue weighted by Crippen LogP contribution is -2.18. The summed E-state index contributed by atoms with van der Waals surface area (Å²) < 4.78 is 10.9. The van der Waals surface area contributed by atoms with E-state index in [0.29, 0.717) is 6.10 Å². The predicted molar refractivity (Wildman–Crippen MR) is 72.9 cm³/mol. The molecule has 2 rings (SSSR count). The number of hydrogen-bond donors (Lipinski definition) is 1. The molecule has 0 amide bonds. The van der Waals surface area contributed by atoms with Crippen molar-refractivity contribution < 1.29 is 9.47 Å². The van der Waals surface area contributed by atoms with Crippen LogP contribution in [0.15, 0.2) is 24.3 Å². The van der Waals surface area contributed by atoms with Crippen LogP contribution < -0.4 is 10.1 Å². The molecule has 0 bridgehead atoms. The fourth-order valence-corrected chi connectivity index (χ4v) is 2.29. The van der Waals surface area contributed by atoms with Gasteiger partial charge in [-0.05, 0) is 43.4 Å². The summed E-state index contributed by atoms with van der Waals surface area (Å²) in [4.78, 5) is 0. The maximum atomic E-state index is 5.93. The van der Waals surface area contributed by atoms with E-state index in [4.69, 9.17) is 9.47 Å². The van der Waals surface area contributed by atoms with E-state index in [0.717, 1.165) is 25.4 Å². The minimum atomic E-state index is 0.440. The summed E-state index contributed by atoms with van der Waals surface area (Å²) in [6, 6.07) is 8.41. The summed E-state index contributed by atoms with van der Waals surface area (Å²) in [5.74, 6) is 1.00. The highest BCUT2D eigenvalue weighted by atomic mass is 16.5. The lowest BCUT2D eigenvalue weighted by atomic mass is 10.2. The van der Waals surface area contributed by atoms with Crippen molar-refractivity contribution in [3.63, 3.8) is 0 Å². The lowest BCUT2D eigenvalue weighted by molar-refractivity contribution is 0.199. The Morgan fingerprint density at radius 2 is 1.89 bits per heavy atom. The Hall–Kier alpha value is -1.06. The molecule has 1 aliphatic rings. The summed E-state index contributed by atoms with van der Waals surface area (Å²) in [6.07, 6.45) is 5.48. The first-order valence-corrected chi connectivity index (χ1v) is 6.84. The number of methoxy groups -OCH3 is 1. The second-order valence-electron chi connectivity index (χ2n) is 4.84. The monoisotopic (exact) mass is 249 g/mol. The van der Waals surface area contributed by atoms with Crippen molar-refractivity contribution in [1.29, 1.82) is 0 Å². The zero-order valence-corrected chi connectivity index (χ0v) is 11.2. The average molecular weight is 249 g/mol. The number of benzene rings is 1. The van der Waals surface area contributed by atoms with E-state index in [1.54, 1.807) is 7.11 Å². The third kappa shape index (κ3) is 4.31. The molecule has 0 heterocycles. The molecule has 1 aromatic rings. The molecule has 1 fully saturated rings. The van der Waals surface area contributed by atoms with Gasteiger partial charge in [0.05, 0.1) is 12.7 Å². The molecule has 0 unspecified atom stereocenters. The molecule has 3 heteroatoms. The van der Waals surface area contributed by atoms with Crippen LogP contribution >= 0.6 is 0 Å². The van der Waals surface area contributed by atoms with E-state index in [9.17, 15) is 0 Å². The van der Waals surface area contributed by atoms with Gasteiger partial charge in [-0.1, -0.05) is 12.1 Å². The Morgan fingerprint density at radius 1 is 1.17 bits per heavy atom. The second kappa shape index (κ2) is 7.39. The van der Waals surface area contributed by atoms with Crippen LogP contribution in [0.3, 0.4) is 0 Å². The number of nitrogens with one attached hydrogen (secondary N) is 1. The molecule has 0 atom stereocenters. The summed E-state index contributed by atoms with van der Waals surface area (Å²) in [6.45, 7) is 2.52. The van der Waals surface area contributed by atoms with E-state index in [2.05, 4.69) is 29.6 Å². The molecule has 1 aromatic carbocycles. The molecule has 0 radical (unpaired) electrons. The highest BCUT2D eigenvalue weighted by molar-refractivity contribution is 5.27. The Bertz CT molecular complexity index is 331. The topological polar surface area (TPSA) is 30.5 Å². The Kier molecular flexibility index (Phi) is 5.49. The van der Waals surface area contributed by atoms with E-state index in [-0.39, 0.29) is 0 Å². The highest BCUT2D eigenvalue weighted by Gasteiger charge is 2.16. The zero-order valence-electron chi connectivity index (χ0n) is 11.2. The van der Waals surface area contributed by atoms with Gasteiger partial charge < -0.3 is 14.8 Å². The van der Waals surface area contributed by atoms with Crippen LogP contribution in [0.25, 0.3) is 0 Å². The Labute approximate surface area is 109 Å². The molecule has 0 aliphatic heterocycles. The summed E-state index contributed by atoms with van der Waals surface area (Å²) in [5.41, 5.74) is 1.28. The second-order valence-corrected chi connectivity index (χ2v) is 4.84. The van der Waals surface area contributed by atoms with E-state index < -0.39 is 0 Å². The third-order valence-corrected chi connectivity index (χ3v) is 3.34. The molecule has 1 saturated carbocycles. The van der Waals surface area contributed by atoms with Gasteiger partial charge in [0, 0.05) is 20.2 Å². The van der Waals surface area contributed by atoms with Gasteiger partial charge in [-0.3, -0.25) is 0 Å². The van der Waals surface area contributed by atoms with Crippen LogP contribution in [0.2, 0.25) is 0 Å². The maximum Gasteiger partial charge on any atom is 0.119 e. The van der Waals surface area contributed by atoms with Crippen LogP contribution in [0, 0.1) is 0 Å². The van der Waals surface area contributed by atoms with Gasteiger partial charge >= 0.3 is 0 Å². The fourth-order valence-electron chi connectivity index (χ4n) is 2.29. The quantitative estimate of drug-likeness (QED) is 0.754. The molecular formula is C15H23NO2. The first-order chi connectivity index (χ1) is 8.88. The molecule has 0 saturated heterocycles. The van der Waals surface area contributed by atoms with E-state index >= 15 is 0 Å². The summed E-state index contributed by atoms with van der Waals surface area (Å²) in [5, 5.41) is 3.33. The Morgan fingerprint density at radius 3 is 2.56 bits per heavy atom. The van der Waals surface area contributed by atoms with Crippen LogP contribution in [0.4, 0.5) is 0 Å². The summed E-state index contributed by atoms with van der Waals surface area (Å²) in [7, 11) is 1.72. The van der Waals surface area contributed by atoms with Crippen molar-refractivity contribution >= 4 is 0 Å². The fraction of sp³-hybridized carbons (Fsp3) is 0.600. The smallest absolute Gasteiger partial charge is 0.119 e. The van der Waals surface area contributed by atoms with Gasteiger partial charge in [0.25, 0.3) is 0 Å². The molecule has 3 nitrogen and oxygen atoms in total. The molecular weight excluding hydrogens is 226 g/mol. The van der Waals surface area contributed by atoms with Gasteiger partial charge in [0.15, 0.2) is 0 Å². The lowest BCUT2D eigenvalue weighted by Gasteiger charge is -2.13. The van der Waals surface area contributed by atoms with Crippen LogP contribution in [0.1, 0.15) is 31.2 Å². The van der Waals surface area contributed by atoms with E-state index in [1.807, 2.05) is 0 Å². The first-order valence-electron chi connectivity index (χ1n) is 6.84. The molecule has 0 spiro atoms. The Balaban J connectivity index is 1.74. The average Bonchev–Trinajstić information content (AvgIpc) is 2.89. The summed E-state index contributed by atoms with van der Waals surface area (Å²) >= 11 is 0. The largest absolute Gasteiger partial charge is 0.490 e. The number of hydrogen-bond acceptors (Lipinski definition) is 3. The van der Waals surface area contributed by atoms with E-state index in [1.165, 1.54) is 31.2 Å². The first kappa shape index (κ1) is 13.4. The van der Waals surface area contributed by atoms with Crippen LogP contribution in [0.5, 0.6) is 5.75 Å². The van der Waals surface area contributed by atoms with Crippen LogP contribution in [-0.2, 0) is 11.3 Å². The van der Waals surface area contributed by atoms with Crippen molar-refractivity contribution in [2.45, 2.75) is 38.3 Å². The van der Waals surface area contributed by atoms with Gasteiger partial charge in [0.1, 0.15) is 5.75 Å². The van der Waals surface area contributed by atoms with Crippen molar-refractivity contribution in [2.75, 3.05) is 20.3 Å². The highest BCUT2D eigenvalue weighted by Crippen LogP contribution is 2.24. The molecule has 18 heavy (non-hydrogen) atoms. The minimum absolute atomic E-state index is 0.440. The molecule has 0 aromatic heterocycles. The van der Waals surface area contributed by atoms with Crippen molar-refractivity contribution in [3.05, 3.63) is 29.8 Å². The number of rotatable bonds is 7. The minimum Gasteiger partial charge on any atom is -0.490 e. The van der Waals surface area contributed by atoms with Crippen LogP contribution in [-0.4, -0.2) is 26.4 Å². The molecule has 1 aliphatic carbocycles. The normalized spacial score (nSPS) is 16.1. The standard InChI is InChI=1S/C15H23NO2/c1-17-11-10-16-12-13-6-8-15(9-7-13)18-14-4-2-3-5-14/h6-9,14,16H,2-5,10-12H2,1H3. The molecule has 100 valence electrons. The van der Waals surface area contributed by atoms with Gasteiger partial charge in [0.2, 0.25) is 0 Å². The van der Waals surface area contributed by atoms with Crippen molar-refractivity contribution in [2.24, 2.45) is 0 Å². The van der Waals surface area contributed by atoms with Crippen molar-refractivity contribution in [3.8, 4) is 5.75 Å². The zero-order chi connectivity index (χ0) is 12.6. The van der Waals surface area contributed by atoms with Crippen molar-refractivity contribution in [1.82, 2.24) is 5.32 Å². The SMILES string of the molecule is COCCNCc1ccc(OC2CCCC2)cc1. The van der Waals surface area contributed by atoms with Gasteiger partial charge in [-0.25, -0.2) is 0 Å². The predicted octanol–water partition coefficient (Wildman–Crippen LogP) is 2.74.